The Labute approximate surface area is 183 Å². The third-order valence-corrected chi connectivity index (χ3v) is 4.86. The van der Waals surface area contributed by atoms with Crippen molar-refractivity contribution in [1.82, 2.24) is 5.32 Å². The molecule has 0 aliphatic rings. The SMILES string of the molecule is O=C(NC(C(=O)OCc1ccccc1)c1ccc(I)cc1)OCc1ccccc1. The van der Waals surface area contributed by atoms with Crippen LogP contribution in [0, 0.1) is 3.57 Å². The van der Waals surface area contributed by atoms with E-state index >= 15 is 0 Å². The normalized spacial score (nSPS) is 11.3. The summed E-state index contributed by atoms with van der Waals surface area (Å²) in [7, 11) is 0. The molecule has 6 heteroatoms. The molecule has 0 heterocycles. The molecule has 0 bridgehead atoms. The van der Waals surface area contributed by atoms with E-state index in [0.29, 0.717) is 5.56 Å². The fourth-order valence-electron chi connectivity index (χ4n) is 2.63. The van der Waals surface area contributed by atoms with Gasteiger partial charge in [-0.3, -0.25) is 0 Å². The van der Waals surface area contributed by atoms with Crippen molar-refractivity contribution in [3.63, 3.8) is 0 Å². The van der Waals surface area contributed by atoms with Crippen molar-refractivity contribution in [3.05, 3.63) is 105 Å². The number of rotatable bonds is 7. The van der Waals surface area contributed by atoms with E-state index in [9.17, 15) is 9.59 Å². The van der Waals surface area contributed by atoms with Gasteiger partial charge < -0.3 is 14.8 Å². The van der Waals surface area contributed by atoms with Gasteiger partial charge in [-0.1, -0.05) is 72.8 Å². The molecule has 3 aromatic carbocycles. The highest BCUT2D eigenvalue weighted by Crippen LogP contribution is 2.18. The minimum absolute atomic E-state index is 0.116. The molecule has 0 aromatic heterocycles. The van der Waals surface area contributed by atoms with Gasteiger partial charge in [0.25, 0.3) is 0 Å². The second-order valence-electron chi connectivity index (χ2n) is 6.28. The van der Waals surface area contributed by atoms with Crippen molar-refractivity contribution < 1.29 is 19.1 Å². The molecule has 3 rings (SSSR count). The Morgan fingerprint density at radius 1 is 0.759 bits per heavy atom. The van der Waals surface area contributed by atoms with E-state index in [1.807, 2.05) is 72.8 Å². The van der Waals surface area contributed by atoms with Crippen molar-refractivity contribution in [3.8, 4) is 0 Å². The monoisotopic (exact) mass is 501 g/mol. The predicted octanol–water partition coefficient (Wildman–Crippen LogP) is 5.00. The number of carbonyl (C=O) groups is 2. The first-order valence-corrected chi connectivity index (χ1v) is 10.1. The number of alkyl carbamates (subject to hydrolysis) is 1. The molecule has 1 amide bonds. The van der Waals surface area contributed by atoms with Crippen LogP contribution in [0.5, 0.6) is 0 Å². The summed E-state index contributed by atoms with van der Waals surface area (Å²) in [5.41, 5.74) is 2.36. The van der Waals surface area contributed by atoms with Gasteiger partial charge in [0.05, 0.1) is 0 Å². The molecule has 29 heavy (non-hydrogen) atoms. The summed E-state index contributed by atoms with van der Waals surface area (Å²) in [6.45, 7) is 0.242. The summed E-state index contributed by atoms with van der Waals surface area (Å²) in [5.74, 6) is -0.549. The third kappa shape index (κ3) is 6.60. The molecule has 0 saturated heterocycles. The van der Waals surface area contributed by atoms with E-state index in [4.69, 9.17) is 9.47 Å². The first kappa shape index (κ1) is 20.9. The van der Waals surface area contributed by atoms with Gasteiger partial charge >= 0.3 is 12.1 Å². The van der Waals surface area contributed by atoms with E-state index < -0.39 is 18.1 Å². The Morgan fingerprint density at radius 3 is 1.83 bits per heavy atom. The summed E-state index contributed by atoms with van der Waals surface area (Å²) < 4.78 is 11.7. The Bertz CT molecular complexity index is 930. The molecule has 0 saturated carbocycles. The molecule has 5 nitrogen and oxygen atoms in total. The molecule has 1 atom stereocenters. The maximum Gasteiger partial charge on any atom is 0.408 e. The van der Waals surface area contributed by atoms with Crippen molar-refractivity contribution in [2.45, 2.75) is 19.3 Å². The lowest BCUT2D eigenvalue weighted by Crippen LogP contribution is -2.35. The summed E-state index contributed by atoms with van der Waals surface area (Å²) in [5, 5.41) is 2.62. The molecule has 148 valence electrons. The number of amides is 1. The summed E-state index contributed by atoms with van der Waals surface area (Å²) in [6.07, 6.45) is -0.686. The molecular formula is C23H20INO4. The van der Waals surface area contributed by atoms with E-state index in [1.165, 1.54) is 0 Å². The lowest BCUT2D eigenvalue weighted by Gasteiger charge is -2.18. The molecule has 0 fully saturated rings. The molecule has 1 N–H and O–H groups in total. The lowest BCUT2D eigenvalue weighted by atomic mass is 10.1. The van der Waals surface area contributed by atoms with Gasteiger partial charge in [0, 0.05) is 3.57 Å². The first-order valence-electron chi connectivity index (χ1n) is 9.05. The zero-order valence-electron chi connectivity index (χ0n) is 15.6. The van der Waals surface area contributed by atoms with Gasteiger partial charge in [-0.05, 0) is 51.4 Å². The maximum atomic E-state index is 12.7. The number of ether oxygens (including phenoxy) is 2. The number of esters is 1. The average Bonchev–Trinajstić information content (AvgIpc) is 2.76. The van der Waals surface area contributed by atoms with Gasteiger partial charge in [0.1, 0.15) is 13.2 Å². The highest BCUT2D eigenvalue weighted by molar-refractivity contribution is 14.1. The summed E-state index contributed by atoms with van der Waals surface area (Å²) in [4.78, 5) is 25.0. The second-order valence-corrected chi connectivity index (χ2v) is 7.53. The Balaban J connectivity index is 1.66. The average molecular weight is 501 g/mol. The Morgan fingerprint density at radius 2 is 1.28 bits per heavy atom. The standard InChI is InChI=1S/C23H20INO4/c24-20-13-11-19(12-14-20)21(22(26)28-15-17-7-3-1-4-8-17)25-23(27)29-16-18-9-5-2-6-10-18/h1-14,21H,15-16H2,(H,25,27). The molecular weight excluding hydrogens is 481 g/mol. The number of halogens is 1. The van der Waals surface area contributed by atoms with Crippen LogP contribution in [0.15, 0.2) is 84.9 Å². The summed E-state index contributed by atoms with van der Waals surface area (Å²) in [6, 6.07) is 25.1. The third-order valence-electron chi connectivity index (χ3n) is 4.14. The number of hydrogen-bond donors (Lipinski definition) is 1. The Kier molecular flexibility index (Phi) is 7.63. The van der Waals surface area contributed by atoms with Gasteiger partial charge in [-0.25, -0.2) is 9.59 Å². The Hall–Kier alpha value is -2.87. The van der Waals surface area contributed by atoms with Gasteiger partial charge in [0.15, 0.2) is 6.04 Å². The largest absolute Gasteiger partial charge is 0.459 e. The molecule has 0 aliphatic carbocycles. The van der Waals surface area contributed by atoms with Crippen molar-refractivity contribution in [1.29, 1.82) is 0 Å². The van der Waals surface area contributed by atoms with Crippen LogP contribution in [0.25, 0.3) is 0 Å². The number of benzene rings is 3. The maximum absolute atomic E-state index is 12.7. The zero-order chi connectivity index (χ0) is 20.5. The smallest absolute Gasteiger partial charge is 0.408 e. The lowest BCUT2D eigenvalue weighted by molar-refractivity contribution is -0.147. The van der Waals surface area contributed by atoms with Crippen LogP contribution in [0.3, 0.4) is 0 Å². The fraction of sp³-hybridized carbons (Fsp3) is 0.130. The topological polar surface area (TPSA) is 64.6 Å². The van der Waals surface area contributed by atoms with Crippen LogP contribution in [-0.4, -0.2) is 12.1 Å². The number of carbonyl (C=O) groups excluding carboxylic acids is 2. The van der Waals surface area contributed by atoms with E-state index in [-0.39, 0.29) is 13.2 Å². The van der Waals surface area contributed by atoms with Crippen LogP contribution in [-0.2, 0) is 27.5 Å². The minimum Gasteiger partial charge on any atom is -0.459 e. The van der Waals surface area contributed by atoms with Crippen LogP contribution in [0.1, 0.15) is 22.7 Å². The highest BCUT2D eigenvalue weighted by atomic mass is 127. The van der Waals surface area contributed by atoms with Crippen LogP contribution in [0.4, 0.5) is 4.79 Å². The highest BCUT2D eigenvalue weighted by Gasteiger charge is 2.25. The van der Waals surface area contributed by atoms with Gasteiger partial charge in [-0.15, -0.1) is 0 Å². The summed E-state index contributed by atoms with van der Waals surface area (Å²) >= 11 is 2.18. The number of nitrogens with one attached hydrogen (secondary N) is 1. The molecule has 0 radical (unpaired) electrons. The van der Waals surface area contributed by atoms with E-state index in [1.54, 1.807) is 12.1 Å². The van der Waals surface area contributed by atoms with Crippen LogP contribution >= 0.6 is 22.6 Å². The molecule has 1 unspecified atom stereocenters. The molecule has 0 aliphatic heterocycles. The first-order chi connectivity index (χ1) is 14.1. The van der Waals surface area contributed by atoms with Crippen LogP contribution < -0.4 is 5.32 Å². The number of hydrogen-bond acceptors (Lipinski definition) is 4. The quantitative estimate of drug-likeness (QED) is 0.366. The van der Waals surface area contributed by atoms with Gasteiger partial charge in [-0.2, -0.15) is 0 Å². The van der Waals surface area contributed by atoms with E-state index in [2.05, 4.69) is 27.9 Å². The van der Waals surface area contributed by atoms with Crippen molar-refractivity contribution >= 4 is 34.7 Å². The predicted molar refractivity (Wildman–Crippen MR) is 118 cm³/mol. The van der Waals surface area contributed by atoms with E-state index in [0.717, 1.165) is 14.7 Å². The zero-order valence-corrected chi connectivity index (χ0v) is 17.7. The van der Waals surface area contributed by atoms with Crippen molar-refractivity contribution in [2.24, 2.45) is 0 Å². The van der Waals surface area contributed by atoms with Crippen molar-refractivity contribution in [2.75, 3.05) is 0 Å². The fourth-order valence-corrected chi connectivity index (χ4v) is 2.99. The second kappa shape index (κ2) is 10.6. The van der Waals surface area contributed by atoms with Gasteiger partial charge in [0.2, 0.25) is 0 Å². The molecule has 3 aromatic rings. The molecule has 0 spiro atoms. The van der Waals surface area contributed by atoms with Crippen LogP contribution in [0.2, 0.25) is 0 Å². The minimum atomic E-state index is -0.959.